The fourth-order valence-corrected chi connectivity index (χ4v) is 2.37. The first-order valence-corrected chi connectivity index (χ1v) is 8.06. The van der Waals surface area contributed by atoms with Gasteiger partial charge in [0, 0.05) is 13.7 Å². The number of methoxy groups -OCH3 is 1. The van der Waals surface area contributed by atoms with Crippen LogP contribution in [0.25, 0.3) is 0 Å². The summed E-state index contributed by atoms with van der Waals surface area (Å²) in [6.45, 7) is 3.57. The van der Waals surface area contributed by atoms with Gasteiger partial charge in [-0.1, -0.05) is 42.5 Å². The molecule has 0 spiro atoms. The van der Waals surface area contributed by atoms with E-state index in [1.54, 1.807) is 7.11 Å². The number of carbonyl (C=O) groups is 1. The van der Waals surface area contributed by atoms with Crippen LogP contribution in [0.15, 0.2) is 54.6 Å². The molecule has 0 aromatic heterocycles. The number of para-hydroxylation sites is 2. The van der Waals surface area contributed by atoms with Crippen LogP contribution in [0.5, 0.6) is 5.75 Å². The van der Waals surface area contributed by atoms with E-state index >= 15 is 0 Å². The van der Waals surface area contributed by atoms with E-state index < -0.39 is 6.04 Å². The van der Waals surface area contributed by atoms with Crippen LogP contribution in [-0.4, -0.2) is 32.8 Å². The lowest BCUT2D eigenvalue weighted by Crippen LogP contribution is -2.35. The van der Waals surface area contributed by atoms with Crippen molar-refractivity contribution in [3.63, 3.8) is 0 Å². The van der Waals surface area contributed by atoms with Crippen molar-refractivity contribution < 1.29 is 14.3 Å². The predicted molar refractivity (Wildman–Crippen MR) is 95.3 cm³/mol. The fourth-order valence-electron chi connectivity index (χ4n) is 2.37. The first-order chi connectivity index (χ1) is 11.8. The molecule has 0 aliphatic rings. The molecule has 2 N–H and O–H groups in total. The van der Waals surface area contributed by atoms with E-state index in [-0.39, 0.29) is 5.91 Å². The standard InChI is InChI=1S/C19H24N2O3/c1-3-24-17-12-8-7-11-16(17)21-19(22)18(20-13-14-23-2)15-9-5-4-6-10-15/h4-12,18,20H,3,13-14H2,1-2H3,(H,21,22)/t18-/m0/s1. The molecule has 2 aromatic rings. The first-order valence-electron chi connectivity index (χ1n) is 8.06. The molecule has 0 unspecified atom stereocenters. The Balaban J connectivity index is 2.15. The minimum Gasteiger partial charge on any atom is -0.492 e. The second-order valence-corrected chi connectivity index (χ2v) is 5.21. The average Bonchev–Trinajstić information content (AvgIpc) is 2.61. The van der Waals surface area contributed by atoms with Gasteiger partial charge in [-0.3, -0.25) is 10.1 Å². The summed E-state index contributed by atoms with van der Waals surface area (Å²) in [5.74, 6) is 0.529. The maximum atomic E-state index is 12.8. The van der Waals surface area contributed by atoms with Crippen molar-refractivity contribution in [3.8, 4) is 5.75 Å². The van der Waals surface area contributed by atoms with Crippen LogP contribution in [-0.2, 0) is 9.53 Å². The lowest BCUT2D eigenvalue weighted by atomic mass is 10.1. The summed E-state index contributed by atoms with van der Waals surface area (Å²) < 4.78 is 10.6. The Kier molecular flexibility index (Phi) is 7.26. The Morgan fingerprint density at radius 2 is 1.79 bits per heavy atom. The molecule has 0 radical (unpaired) electrons. The summed E-state index contributed by atoms with van der Waals surface area (Å²) in [4.78, 5) is 12.8. The van der Waals surface area contributed by atoms with Gasteiger partial charge in [-0.2, -0.15) is 0 Å². The summed E-state index contributed by atoms with van der Waals surface area (Å²) >= 11 is 0. The van der Waals surface area contributed by atoms with Gasteiger partial charge in [0.1, 0.15) is 11.8 Å². The number of ether oxygens (including phenoxy) is 2. The van der Waals surface area contributed by atoms with Gasteiger partial charge in [-0.25, -0.2) is 0 Å². The highest BCUT2D eigenvalue weighted by atomic mass is 16.5. The topological polar surface area (TPSA) is 59.6 Å². The van der Waals surface area contributed by atoms with Crippen LogP contribution in [0.1, 0.15) is 18.5 Å². The molecule has 128 valence electrons. The number of nitrogens with one attached hydrogen (secondary N) is 2. The predicted octanol–water partition coefficient (Wildman–Crippen LogP) is 3.00. The number of carbonyl (C=O) groups excluding carboxylic acids is 1. The minimum absolute atomic E-state index is 0.135. The third-order valence-corrected chi connectivity index (χ3v) is 3.49. The normalized spacial score (nSPS) is 11.8. The molecule has 0 bridgehead atoms. The van der Waals surface area contributed by atoms with Crippen LogP contribution in [0.3, 0.4) is 0 Å². The highest BCUT2D eigenvalue weighted by Crippen LogP contribution is 2.25. The van der Waals surface area contributed by atoms with Crippen LogP contribution >= 0.6 is 0 Å². The highest BCUT2D eigenvalue weighted by molar-refractivity contribution is 5.96. The number of benzene rings is 2. The molecule has 1 atom stereocenters. The zero-order valence-electron chi connectivity index (χ0n) is 14.1. The zero-order valence-corrected chi connectivity index (χ0v) is 14.1. The number of anilines is 1. The molecule has 5 heteroatoms. The van der Waals surface area contributed by atoms with E-state index in [9.17, 15) is 4.79 Å². The summed E-state index contributed by atoms with van der Waals surface area (Å²) in [5.41, 5.74) is 1.57. The highest BCUT2D eigenvalue weighted by Gasteiger charge is 2.20. The molecule has 0 saturated heterocycles. The summed E-state index contributed by atoms with van der Waals surface area (Å²) in [7, 11) is 1.64. The molecular weight excluding hydrogens is 304 g/mol. The van der Waals surface area contributed by atoms with Crippen molar-refractivity contribution in [3.05, 3.63) is 60.2 Å². The van der Waals surface area contributed by atoms with Crippen molar-refractivity contribution in [2.45, 2.75) is 13.0 Å². The molecule has 0 aliphatic heterocycles. The van der Waals surface area contributed by atoms with Gasteiger partial charge in [-0.05, 0) is 24.6 Å². The Morgan fingerprint density at radius 3 is 2.50 bits per heavy atom. The van der Waals surface area contributed by atoms with Crippen molar-refractivity contribution >= 4 is 11.6 Å². The Bertz CT molecular complexity index is 632. The third-order valence-electron chi connectivity index (χ3n) is 3.49. The van der Waals surface area contributed by atoms with E-state index in [1.165, 1.54) is 0 Å². The largest absolute Gasteiger partial charge is 0.492 e. The summed E-state index contributed by atoms with van der Waals surface area (Å²) in [6.07, 6.45) is 0. The van der Waals surface area contributed by atoms with Gasteiger partial charge in [0.25, 0.3) is 0 Å². The Hall–Kier alpha value is -2.37. The average molecular weight is 328 g/mol. The third kappa shape index (κ3) is 5.08. The Morgan fingerprint density at radius 1 is 1.08 bits per heavy atom. The van der Waals surface area contributed by atoms with Crippen molar-refractivity contribution in [1.29, 1.82) is 0 Å². The monoisotopic (exact) mass is 328 g/mol. The second kappa shape index (κ2) is 9.70. The van der Waals surface area contributed by atoms with E-state index in [1.807, 2.05) is 61.5 Å². The molecule has 0 aliphatic carbocycles. The Labute approximate surface area is 143 Å². The molecule has 0 fully saturated rings. The van der Waals surface area contributed by atoms with Crippen LogP contribution in [0.2, 0.25) is 0 Å². The van der Waals surface area contributed by atoms with E-state index in [0.717, 1.165) is 5.56 Å². The first kappa shape index (κ1) is 18.0. The smallest absolute Gasteiger partial charge is 0.246 e. The number of hydrogen-bond donors (Lipinski definition) is 2. The lowest BCUT2D eigenvalue weighted by Gasteiger charge is -2.20. The maximum Gasteiger partial charge on any atom is 0.246 e. The van der Waals surface area contributed by atoms with E-state index in [4.69, 9.17) is 9.47 Å². The number of rotatable bonds is 9. The second-order valence-electron chi connectivity index (χ2n) is 5.21. The van der Waals surface area contributed by atoms with E-state index in [0.29, 0.717) is 31.2 Å². The SMILES string of the molecule is CCOc1ccccc1NC(=O)[C@@H](NCCOC)c1ccccc1. The minimum atomic E-state index is -0.462. The van der Waals surface area contributed by atoms with Gasteiger partial charge in [-0.15, -0.1) is 0 Å². The molecule has 1 amide bonds. The fraction of sp³-hybridized carbons (Fsp3) is 0.316. The van der Waals surface area contributed by atoms with Gasteiger partial charge in [0.05, 0.1) is 18.9 Å². The maximum absolute atomic E-state index is 12.8. The van der Waals surface area contributed by atoms with Gasteiger partial charge < -0.3 is 14.8 Å². The quantitative estimate of drug-likeness (QED) is 0.695. The van der Waals surface area contributed by atoms with Crippen molar-refractivity contribution in [2.75, 3.05) is 32.2 Å². The van der Waals surface area contributed by atoms with Crippen LogP contribution in [0, 0.1) is 0 Å². The van der Waals surface area contributed by atoms with Crippen LogP contribution < -0.4 is 15.4 Å². The lowest BCUT2D eigenvalue weighted by molar-refractivity contribution is -0.118. The zero-order chi connectivity index (χ0) is 17.2. The van der Waals surface area contributed by atoms with Gasteiger partial charge >= 0.3 is 0 Å². The molecule has 2 aromatic carbocycles. The molecular formula is C19H24N2O3. The van der Waals surface area contributed by atoms with Crippen molar-refractivity contribution in [2.24, 2.45) is 0 Å². The van der Waals surface area contributed by atoms with Crippen LogP contribution in [0.4, 0.5) is 5.69 Å². The van der Waals surface area contributed by atoms with Gasteiger partial charge in [0.15, 0.2) is 0 Å². The molecule has 0 heterocycles. The molecule has 24 heavy (non-hydrogen) atoms. The van der Waals surface area contributed by atoms with Gasteiger partial charge in [0.2, 0.25) is 5.91 Å². The molecule has 0 saturated carbocycles. The van der Waals surface area contributed by atoms with Crippen molar-refractivity contribution in [1.82, 2.24) is 5.32 Å². The molecule has 5 nitrogen and oxygen atoms in total. The van der Waals surface area contributed by atoms with E-state index in [2.05, 4.69) is 10.6 Å². The number of hydrogen-bond acceptors (Lipinski definition) is 4. The summed E-state index contributed by atoms with van der Waals surface area (Å²) in [6, 6.07) is 16.6. The summed E-state index contributed by atoms with van der Waals surface area (Å²) in [5, 5.41) is 6.18. The molecule has 2 rings (SSSR count). The number of amides is 1.